The molecule has 2 rings (SSSR count). The number of hydrogen-bond donors (Lipinski definition) is 1. The van der Waals surface area contributed by atoms with Crippen molar-refractivity contribution in [1.82, 2.24) is 0 Å². The maximum Gasteiger partial charge on any atom is 0.248 e. The summed E-state index contributed by atoms with van der Waals surface area (Å²) in [4.78, 5) is 12.0. The van der Waals surface area contributed by atoms with Crippen molar-refractivity contribution in [2.24, 2.45) is 0 Å². The SMILES string of the molecule is COc1cc(/C=C/C(=O)Nc2ccc(C)cc2F)ccc1OC(C)C. The van der Waals surface area contributed by atoms with Crippen molar-refractivity contribution in [1.29, 1.82) is 0 Å². The highest BCUT2D eigenvalue weighted by atomic mass is 19.1. The summed E-state index contributed by atoms with van der Waals surface area (Å²) in [6.45, 7) is 5.65. The molecule has 25 heavy (non-hydrogen) atoms. The Morgan fingerprint density at radius 2 is 1.92 bits per heavy atom. The van der Waals surface area contributed by atoms with E-state index in [1.165, 1.54) is 18.2 Å². The van der Waals surface area contributed by atoms with Crippen molar-refractivity contribution < 1.29 is 18.7 Å². The number of nitrogens with one attached hydrogen (secondary N) is 1. The molecule has 0 aliphatic heterocycles. The van der Waals surface area contributed by atoms with E-state index in [0.29, 0.717) is 11.5 Å². The van der Waals surface area contributed by atoms with Gasteiger partial charge >= 0.3 is 0 Å². The standard InChI is InChI=1S/C20H22FNO3/c1-13(2)25-18-9-6-15(12-19(18)24-4)7-10-20(23)22-17-8-5-14(3)11-16(17)21/h5-13H,1-4H3,(H,22,23)/b10-7+. The first-order valence-electron chi connectivity index (χ1n) is 7.99. The Labute approximate surface area is 147 Å². The highest BCUT2D eigenvalue weighted by molar-refractivity contribution is 6.02. The van der Waals surface area contributed by atoms with Crippen LogP contribution in [-0.4, -0.2) is 19.1 Å². The summed E-state index contributed by atoms with van der Waals surface area (Å²) in [5, 5.41) is 2.52. The van der Waals surface area contributed by atoms with E-state index < -0.39 is 11.7 Å². The molecule has 0 fully saturated rings. The molecule has 0 aliphatic rings. The Bertz CT molecular complexity index is 785. The van der Waals surface area contributed by atoms with Crippen molar-refractivity contribution >= 4 is 17.7 Å². The molecule has 0 saturated carbocycles. The fourth-order valence-electron chi connectivity index (χ4n) is 2.21. The van der Waals surface area contributed by atoms with Gasteiger partial charge in [0.05, 0.1) is 18.9 Å². The quantitative estimate of drug-likeness (QED) is 0.781. The maximum absolute atomic E-state index is 13.8. The normalized spacial score (nSPS) is 11.0. The molecular formula is C20H22FNO3. The first kappa shape index (κ1) is 18.5. The summed E-state index contributed by atoms with van der Waals surface area (Å²) in [6, 6.07) is 10.0. The Balaban J connectivity index is 2.08. The summed E-state index contributed by atoms with van der Waals surface area (Å²) >= 11 is 0. The third kappa shape index (κ3) is 5.35. The second-order valence-corrected chi connectivity index (χ2v) is 5.88. The fourth-order valence-corrected chi connectivity index (χ4v) is 2.21. The van der Waals surface area contributed by atoms with Gasteiger partial charge in [-0.05, 0) is 62.2 Å². The van der Waals surface area contributed by atoms with Crippen molar-refractivity contribution in [2.45, 2.75) is 26.9 Å². The van der Waals surface area contributed by atoms with Gasteiger partial charge in [0.25, 0.3) is 0 Å². The van der Waals surface area contributed by atoms with E-state index >= 15 is 0 Å². The fraction of sp³-hybridized carbons (Fsp3) is 0.250. The summed E-state index contributed by atoms with van der Waals surface area (Å²) in [5.74, 6) is 0.351. The van der Waals surface area contributed by atoms with Gasteiger partial charge in [-0.2, -0.15) is 0 Å². The lowest BCUT2D eigenvalue weighted by molar-refractivity contribution is -0.111. The number of hydrogen-bond acceptors (Lipinski definition) is 3. The largest absolute Gasteiger partial charge is 0.493 e. The molecule has 0 unspecified atom stereocenters. The summed E-state index contributed by atoms with van der Waals surface area (Å²) < 4.78 is 24.7. The molecule has 1 amide bonds. The molecule has 0 saturated heterocycles. The van der Waals surface area contributed by atoms with Gasteiger partial charge in [-0.25, -0.2) is 4.39 Å². The van der Waals surface area contributed by atoms with Gasteiger partial charge < -0.3 is 14.8 Å². The number of carbonyl (C=O) groups excluding carboxylic acids is 1. The molecule has 0 radical (unpaired) electrons. The van der Waals surface area contributed by atoms with Crippen LogP contribution in [0.2, 0.25) is 0 Å². The van der Waals surface area contributed by atoms with Crippen LogP contribution in [0.4, 0.5) is 10.1 Å². The van der Waals surface area contributed by atoms with Crippen molar-refractivity contribution in [3.63, 3.8) is 0 Å². The van der Waals surface area contributed by atoms with Crippen molar-refractivity contribution in [3.8, 4) is 11.5 Å². The van der Waals surface area contributed by atoms with E-state index in [4.69, 9.17) is 9.47 Å². The lowest BCUT2D eigenvalue weighted by Gasteiger charge is -2.13. The van der Waals surface area contributed by atoms with Gasteiger partial charge in [0.1, 0.15) is 5.82 Å². The molecular weight excluding hydrogens is 321 g/mol. The van der Waals surface area contributed by atoms with Crippen LogP contribution in [0, 0.1) is 12.7 Å². The minimum absolute atomic E-state index is 0.0328. The van der Waals surface area contributed by atoms with Crippen LogP contribution in [-0.2, 0) is 4.79 Å². The van der Waals surface area contributed by atoms with E-state index in [1.54, 1.807) is 38.3 Å². The molecule has 2 aromatic carbocycles. The third-order valence-corrected chi connectivity index (χ3v) is 3.36. The number of anilines is 1. The smallest absolute Gasteiger partial charge is 0.248 e. The number of benzene rings is 2. The molecule has 5 heteroatoms. The van der Waals surface area contributed by atoms with Gasteiger partial charge in [0, 0.05) is 6.08 Å². The number of methoxy groups -OCH3 is 1. The average Bonchev–Trinajstić information content (AvgIpc) is 2.56. The molecule has 0 atom stereocenters. The lowest BCUT2D eigenvalue weighted by Crippen LogP contribution is -2.09. The summed E-state index contributed by atoms with van der Waals surface area (Å²) in [5.41, 5.74) is 1.72. The zero-order valence-electron chi connectivity index (χ0n) is 14.8. The van der Waals surface area contributed by atoms with Crippen molar-refractivity contribution in [2.75, 3.05) is 12.4 Å². The number of amides is 1. The Hall–Kier alpha value is -2.82. The molecule has 132 valence electrons. The van der Waals surface area contributed by atoms with E-state index in [9.17, 15) is 9.18 Å². The Morgan fingerprint density at radius 3 is 2.56 bits per heavy atom. The predicted molar refractivity (Wildman–Crippen MR) is 97.6 cm³/mol. The number of halogens is 1. The third-order valence-electron chi connectivity index (χ3n) is 3.36. The highest BCUT2D eigenvalue weighted by Crippen LogP contribution is 2.29. The van der Waals surface area contributed by atoms with E-state index in [2.05, 4.69) is 5.32 Å². The molecule has 2 aromatic rings. The molecule has 0 heterocycles. The first-order valence-corrected chi connectivity index (χ1v) is 7.99. The van der Waals surface area contributed by atoms with Gasteiger partial charge in [-0.15, -0.1) is 0 Å². The molecule has 1 N–H and O–H groups in total. The van der Waals surface area contributed by atoms with Gasteiger partial charge in [-0.1, -0.05) is 12.1 Å². The average molecular weight is 343 g/mol. The van der Waals surface area contributed by atoms with E-state index in [1.807, 2.05) is 19.9 Å². The molecule has 0 bridgehead atoms. The number of aryl methyl sites for hydroxylation is 1. The van der Waals surface area contributed by atoms with Gasteiger partial charge in [-0.3, -0.25) is 4.79 Å². The van der Waals surface area contributed by atoms with Gasteiger partial charge in [0.2, 0.25) is 5.91 Å². The Kier molecular flexibility index (Phi) is 6.17. The highest BCUT2D eigenvalue weighted by Gasteiger charge is 2.07. The van der Waals surface area contributed by atoms with Crippen molar-refractivity contribution in [3.05, 3.63) is 59.4 Å². The van der Waals surface area contributed by atoms with Crippen LogP contribution in [0.1, 0.15) is 25.0 Å². The Morgan fingerprint density at radius 1 is 1.16 bits per heavy atom. The molecule has 0 aliphatic carbocycles. The number of carbonyl (C=O) groups is 1. The zero-order chi connectivity index (χ0) is 18.4. The second kappa shape index (κ2) is 8.33. The second-order valence-electron chi connectivity index (χ2n) is 5.88. The number of rotatable bonds is 6. The van der Waals surface area contributed by atoms with E-state index in [0.717, 1.165) is 11.1 Å². The van der Waals surface area contributed by atoms with Crippen LogP contribution in [0.25, 0.3) is 6.08 Å². The van der Waals surface area contributed by atoms with Crippen LogP contribution in [0.5, 0.6) is 11.5 Å². The molecule has 0 aromatic heterocycles. The summed E-state index contributed by atoms with van der Waals surface area (Å²) in [6.07, 6.45) is 3.01. The predicted octanol–water partition coefficient (Wildman–Crippen LogP) is 4.58. The summed E-state index contributed by atoms with van der Waals surface area (Å²) in [7, 11) is 1.56. The number of ether oxygens (including phenoxy) is 2. The lowest BCUT2D eigenvalue weighted by atomic mass is 10.2. The van der Waals surface area contributed by atoms with Gasteiger partial charge in [0.15, 0.2) is 11.5 Å². The molecule has 4 nitrogen and oxygen atoms in total. The minimum Gasteiger partial charge on any atom is -0.493 e. The van der Waals surface area contributed by atoms with Crippen LogP contribution < -0.4 is 14.8 Å². The van der Waals surface area contributed by atoms with Crippen LogP contribution in [0.15, 0.2) is 42.5 Å². The monoisotopic (exact) mass is 343 g/mol. The zero-order valence-corrected chi connectivity index (χ0v) is 14.8. The van der Waals surface area contributed by atoms with Crippen LogP contribution >= 0.6 is 0 Å². The maximum atomic E-state index is 13.8. The van der Waals surface area contributed by atoms with Crippen LogP contribution in [0.3, 0.4) is 0 Å². The topological polar surface area (TPSA) is 47.6 Å². The first-order chi connectivity index (χ1) is 11.9. The van der Waals surface area contributed by atoms with E-state index in [-0.39, 0.29) is 11.8 Å². The molecule has 0 spiro atoms. The minimum atomic E-state index is -0.460.